The first-order chi connectivity index (χ1) is 13.0. The first kappa shape index (κ1) is 16.5. The number of fused-ring (bicyclic) bond motifs is 5. The van der Waals surface area contributed by atoms with Crippen molar-refractivity contribution in [1.82, 2.24) is 5.06 Å². The van der Waals surface area contributed by atoms with E-state index in [1.54, 1.807) is 5.06 Å². The van der Waals surface area contributed by atoms with Crippen LogP contribution in [0.25, 0.3) is 0 Å². The minimum atomic E-state index is -0.131. The van der Waals surface area contributed by atoms with Crippen LogP contribution in [0.4, 0.5) is 0 Å². The number of oxime groups is 1. The Morgan fingerprint density at radius 3 is 2.52 bits per heavy atom. The summed E-state index contributed by atoms with van der Waals surface area (Å²) < 4.78 is 0. The van der Waals surface area contributed by atoms with E-state index in [0.29, 0.717) is 0 Å². The van der Waals surface area contributed by atoms with Gasteiger partial charge in [-0.25, -0.2) is 5.06 Å². The lowest BCUT2D eigenvalue weighted by Crippen LogP contribution is -2.49. The van der Waals surface area contributed by atoms with Gasteiger partial charge in [-0.2, -0.15) is 0 Å². The molecule has 1 amide bonds. The van der Waals surface area contributed by atoms with Gasteiger partial charge in [-0.15, -0.1) is 0 Å². The third kappa shape index (κ3) is 2.42. The number of hydrogen-bond acceptors (Lipinski definition) is 4. The number of carbonyl (C=O) groups is 1. The Morgan fingerprint density at radius 2 is 1.81 bits per heavy atom. The van der Waals surface area contributed by atoms with Crippen LogP contribution >= 0.6 is 0 Å². The Morgan fingerprint density at radius 1 is 1.11 bits per heavy atom. The van der Waals surface area contributed by atoms with Crippen molar-refractivity contribution in [3.63, 3.8) is 0 Å². The molecule has 0 N–H and O–H groups in total. The minimum Gasteiger partial charge on any atom is -0.389 e. The molecule has 0 spiro atoms. The number of hydroxylamine groups is 2. The molecule has 2 aromatic rings. The maximum Gasteiger partial charge on any atom is 0.278 e. The summed E-state index contributed by atoms with van der Waals surface area (Å²) in [5.41, 5.74) is 5.84. The highest BCUT2D eigenvalue weighted by Crippen LogP contribution is 2.46. The van der Waals surface area contributed by atoms with Crippen LogP contribution in [0.15, 0.2) is 47.6 Å². The molecule has 2 fully saturated rings. The van der Waals surface area contributed by atoms with Gasteiger partial charge in [0, 0.05) is 12.0 Å². The number of nitrogens with zero attached hydrogens (tertiary/aromatic N) is 2. The van der Waals surface area contributed by atoms with Gasteiger partial charge in [0.1, 0.15) is 12.1 Å². The molecular weight excluding hydrogens is 340 g/mol. The predicted molar refractivity (Wildman–Crippen MR) is 101 cm³/mol. The number of hydrogen-bond donors (Lipinski definition) is 0. The Kier molecular flexibility index (Phi) is 3.62. The average molecular weight is 362 g/mol. The fraction of sp³-hybridized carbons (Fsp3) is 0.364. The second-order valence-electron chi connectivity index (χ2n) is 7.79. The van der Waals surface area contributed by atoms with Gasteiger partial charge in [-0.05, 0) is 37.5 Å². The molecule has 5 nitrogen and oxygen atoms in total. The number of rotatable bonds is 2. The maximum absolute atomic E-state index is 13.2. The number of carbonyl (C=O) groups excluding carboxylic acids is 1. The lowest BCUT2D eigenvalue weighted by Gasteiger charge is -2.33. The van der Waals surface area contributed by atoms with Crippen molar-refractivity contribution in [1.29, 1.82) is 0 Å². The zero-order chi connectivity index (χ0) is 18.7. The molecule has 1 saturated heterocycles. The highest BCUT2D eigenvalue weighted by molar-refractivity contribution is 6.04. The highest BCUT2D eigenvalue weighted by atomic mass is 16.7. The Hall–Kier alpha value is -2.66. The van der Waals surface area contributed by atoms with Gasteiger partial charge >= 0.3 is 0 Å². The summed E-state index contributed by atoms with van der Waals surface area (Å²) >= 11 is 0. The summed E-state index contributed by atoms with van der Waals surface area (Å²) in [5.74, 6) is 0.00868. The molecule has 2 bridgehead atoms. The monoisotopic (exact) mass is 362 g/mol. The van der Waals surface area contributed by atoms with Gasteiger partial charge in [0.05, 0.1) is 11.6 Å². The van der Waals surface area contributed by atoms with Crippen molar-refractivity contribution < 1.29 is 14.5 Å². The molecule has 1 saturated carbocycles. The lowest BCUT2D eigenvalue weighted by atomic mass is 9.91. The van der Waals surface area contributed by atoms with Crippen molar-refractivity contribution in [2.45, 2.75) is 45.4 Å². The standard InChI is InChI=1S/C22H22N2O3/c1-12-9-13(2)18(14(3)10-12)22(25)24-16-11-17(27-24)19-20(23-26-21(16)19)15-7-5-4-6-8-15/h4-10,16-17,19,21H,11H2,1-3H3/t16-,17+,19+,21+/m1/s1. The van der Waals surface area contributed by atoms with Crippen molar-refractivity contribution in [2.75, 3.05) is 0 Å². The maximum atomic E-state index is 13.2. The molecule has 2 aromatic carbocycles. The molecule has 1 aliphatic carbocycles. The number of aryl methyl sites for hydroxylation is 3. The smallest absolute Gasteiger partial charge is 0.278 e. The Balaban J connectivity index is 1.42. The second-order valence-corrected chi connectivity index (χ2v) is 7.79. The fourth-order valence-corrected chi connectivity index (χ4v) is 4.86. The van der Waals surface area contributed by atoms with E-state index in [-0.39, 0.29) is 30.1 Å². The molecular formula is C22H22N2O3. The van der Waals surface area contributed by atoms with Crippen molar-refractivity contribution >= 4 is 11.6 Å². The summed E-state index contributed by atoms with van der Waals surface area (Å²) in [6.45, 7) is 6.00. The van der Waals surface area contributed by atoms with Crippen LogP contribution in [0, 0.1) is 26.7 Å². The molecule has 2 heterocycles. The summed E-state index contributed by atoms with van der Waals surface area (Å²) in [7, 11) is 0. The van der Waals surface area contributed by atoms with E-state index >= 15 is 0 Å². The number of benzene rings is 2. The van der Waals surface area contributed by atoms with E-state index in [1.165, 1.54) is 0 Å². The normalized spacial score (nSPS) is 28.1. The van der Waals surface area contributed by atoms with E-state index in [2.05, 4.69) is 5.16 Å². The van der Waals surface area contributed by atoms with Crippen molar-refractivity contribution in [3.05, 3.63) is 70.3 Å². The van der Waals surface area contributed by atoms with E-state index in [0.717, 1.165) is 39.9 Å². The molecule has 27 heavy (non-hydrogen) atoms. The van der Waals surface area contributed by atoms with E-state index in [4.69, 9.17) is 9.68 Å². The van der Waals surface area contributed by atoms with Crippen LogP contribution in [0.3, 0.4) is 0 Å². The molecule has 3 aliphatic rings. The van der Waals surface area contributed by atoms with Gasteiger partial charge in [0.2, 0.25) is 0 Å². The van der Waals surface area contributed by atoms with Gasteiger partial charge in [0.15, 0.2) is 6.10 Å². The van der Waals surface area contributed by atoms with E-state index in [9.17, 15) is 4.79 Å². The molecule has 5 rings (SSSR count). The topological polar surface area (TPSA) is 51.1 Å². The largest absolute Gasteiger partial charge is 0.389 e. The second kappa shape index (κ2) is 5.92. The SMILES string of the molecule is Cc1cc(C)c(C(=O)N2O[C@H]3C[C@@H]2[C@@H]2ON=C(c4ccccc4)[C@@H]23)c(C)c1. The molecule has 0 aromatic heterocycles. The zero-order valence-electron chi connectivity index (χ0n) is 15.7. The van der Waals surface area contributed by atoms with Gasteiger partial charge in [-0.1, -0.05) is 53.2 Å². The lowest BCUT2D eigenvalue weighted by molar-refractivity contribution is -0.189. The van der Waals surface area contributed by atoms with Crippen LogP contribution in [0.5, 0.6) is 0 Å². The first-order valence-corrected chi connectivity index (χ1v) is 9.42. The van der Waals surface area contributed by atoms with Gasteiger partial charge in [0.25, 0.3) is 5.91 Å². The van der Waals surface area contributed by atoms with Crippen LogP contribution < -0.4 is 0 Å². The number of amides is 1. The van der Waals surface area contributed by atoms with Crippen molar-refractivity contribution in [3.8, 4) is 0 Å². The molecule has 5 heteroatoms. The summed E-state index contributed by atoms with van der Waals surface area (Å²) in [5, 5.41) is 5.88. The Bertz CT molecular complexity index is 930. The molecule has 0 unspecified atom stereocenters. The summed E-state index contributed by atoms with van der Waals surface area (Å²) in [6, 6.07) is 14.0. The minimum absolute atomic E-state index is 0.0727. The van der Waals surface area contributed by atoms with Crippen LogP contribution in [0.1, 0.15) is 39.0 Å². The third-order valence-electron chi connectivity index (χ3n) is 5.91. The van der Waals surface area contributed by atoms with Gasteiger partial charge < -0.3 is 4.84 Å². The fourth-order valence-electron chi connectivity index (χ4n) is 4.86. The molecule has 0 radical (unpaired) electrons. The Labute approximate surface area is 158 Å². The predicted octanol–water partition coefficient (Wildman–Crippen LogP) is 3.56. The van der Waals surface area contributed by atoms with Crippen LogP contribution in [0.2, 0.25) is 0 Å². The van der Waals surface area contributed by atoms with Crippen LogP contribution in [-0.4, -0.2) is 34.9 Å². The third-order valence-corrected chi connectivity index (χ3v) is 5.91. The van der Waals surface area contributed by atoms with Gasteiger partial charge in [-0.3, -0.25) is 9.63 Å². The summed E-state index contributed by atoms with van der Waals surface area (Å²) in [4.78, 5) is 25.1. The van der Waals surface area contributed by atoms with E-state index in [1.807, 2.05) is 63.2 Å². The quantitative estimate of drug-likeness (QED) is 0.821. The zero-order valence-corrected chi connectivity index (χ0v) is 15.7. The van der Waals surface area contributed by atoms with Crippen LogP contribution in [-0.2, 0) is 9.68 Å². The highest BCUT2D eigenvalue weighted by Gasteiger charge is 2.61. The molecule has 4 atom stereocenters. The summed E-state index contributed by atoms with van der Waals surface area (Å²) in [6.07, 6.45) is 0.585. The molecule has 138 valence electrons. The first-order valence-electron chi connectivity index (χ1n) is 9.42. The molecule has 2 aliphatic heterocycles. The van der Waals surface area contributed by atoms with E-state index < -0.39 is 0 Å². The van der Waals surface area contributed by atoms with Crippen molar-refractivity contribution in [2.24, 2.45) is 11.1 Å². The average Bonchev–Trinajstić information content (AvgIpc) is 3.33.